The standard InChI is InChI=1S/C21H21NO5/c1-21(2)26-18(20(24)27-21)13-19(23)22(3)14-15-8-7-11-17(12-15)25-16-9-5-4-6-10-16/h4-13H,14H2,1-3H3. The third kappa shape index (κ3) is 4.88. The van der Waals surface area contributed by atoms with Crippen molar-refractivity contribution in [3.8, 4) is 11.5 Å². The number of ether oxygens (including phenoxy) is 3. The van der Waals surface area contributed by atoms with E-state index in [9.17, 15) is 9.59 Å². The van der Waals surface area contributed by atoms with Gasteiger partial charge in [0.2, 0.25) is 11.5 Å². The Hall–Kier alpha value is -3.28. The molecule has 1 aliphatic heterocycles. The lowest BCUT2D eigenvalue weighted by molar-refractivity contribution is -0.159. The molecule has 1 saturated heterocycles. The molecule has 0 aliphatic carbocycles. The van der Waals surface area contributed by atoms with Gasteiger partial charge in [-0.05, 0) is 29.8 Å². The minimum Gasteiger partial charge on any atom is -0.457 e. The number of para-hydroxylation sites is 1. The normalized spacial score (nSPS) is 16.6. The Morgan fingerprint density at radius 1 is 1.07 bits per heavy atom. The second-order valence-electron chi connectivity index (χ2n) is 6.66. The van der Waals surface area contributed by atoms with Crippen molar-refractivity contribution in [2.45, 2.75) is 26.2 Å². The molecule has 1 aliphatic rings. The molecule has 6 heteroatoms. The maximum absolute atomic E-state index is 12.4. The molecule has 2 aromatic rings. The molecule has 1 fully saturated rings. The Morgan fingerprint density at radius 2 is 1.78 bits per heavy atom. The Kier molecular flexibility index (Phi) is 5.16. The fourth-order valence-electron chi connectivity index (χ4n) is 2.60. The quantitative estimate of drug-likeness (QED) is 0.596. The number of carbonyl (C=O) groups is 2. The number of rotatable bonds is 5. The van der Waals surface area contributed by atoms with Gasteiger partial charge in [-0.3, -0.25) is 4.79 Å². The lowest BCUT2D eigenvalue weighted by Gasteiger charge is -2.16. The number of hydrogen-bond acceptors (Lipinski definition) is 5. The van der Waals surface area contributed by atoms with Crippen molar-refractivity contribution in [1.82, 2.24) is 4.90 Å². The third-order valence-corrected chi connectivity index (χ3v) is 3.82. The molecule has 0 aromatic heterocycles. The molecule has 3 rings (SSSR count). The van der Waals surface area contributed by atoms with E-state index in [2.05, 4.69) is 0 Å². The number of carbonyl (C=O) groups excluding carboxylic acids is 2. The van der Waals surface area contributed by atoms with Crippen molar-refractivity contribution in [2.24, 2.45) is 0 Å². The maximum Gasteiger partial charge on any atom is 0.377 e. The van der Waals surface area contributed by atoms with Crippen LogP contribution in [0.25, 0.3) is 0 Å². The van der Waals surface area contributed by atoms with Crippen LogP contribution in [0.5, 0.6) is 11.5 Å². The molecule has 1 amide bonds. The van der Waals surface area contributed by atoms with Crippen molar-refractivity contribution in [3.05, 3.63) is 72.0 Å². The zero-order valence-corrected chi connectivity index (χ0v) is 15.5. The van der Waals surface area contributed by atoms with Gasteiger partial charge in [0.05, 0.1) is 6.08 Å². The SMILES string of the molecule is CN(Cc1cccc(Oc2ccccc2)c1)C(=O)C=C1OC(C)(C)OC1=O. The largest absolute Gasteiger partial charge is 0.457 e. The van der Waals surface area contributed by atoms with Crippen molar-refractivity contribution in [3.63, 3.8) is 0 Å². The van der Waals surface area contributed by atoms with Gasteiger partial charge in [0, 0.05) is 27.4 Å². The zero-order chi connectivity index (χ0) is 19.4. The van der Waals surface area contributed by atoms with E-state index in [1.165, 1.54) is 4.90 Å². The van der Waals surface area contributed by atoms with Gasteiger partial charge >= 0.3 is 5.97 Å². The fourth-order valence-corrected chi connectivity index (χ4v) is 2.60. The summed E-state index contributed by atoms with van der Waals surface area (Å²) in [5, 5.41) is 0. The lowest BCUT2D eigenvalue weighted by atomic mass is 10.2. The van der Waals surface area contributed by atoms with Crippen molar-refractivity contribution in [1.29, 1.82) is 0 Å². The molecule has 0 spiro atoms. The number of cyclic esters (lactones) is 1. The highest BCUT2D eigenvalue weighted by molar-refractivity contribution is 5.97. The molecule has 140 valence electrons. The molecular formula is C21H21NO5. The monoisotopic (exact) mass is 367 g/mol. The smallest absolute Gasteiger partial charge is 0.377 e. The Balaban J connectivity index is 1.65. The van der Waals surface area contributed by atoms with E-state index in [-0.39, 0.29) is 11.7 Å². The average molecular weight is 367 g/mol. The molecule has 1 heterocycles. The molecular weight excluding hydrogens is 346 g/mol. The van der Waals surface area contributed by atoms with Crippen LogP contribution in [0.3, 0.4) is 0 Å². The predicted octanol–water partition coefficient (Wildman–Crippen LogP) is 3.63. The maximum atomic E-state index is 12.4. The van der Waals surface area contributed by atoms with Crippen LogP contribution in [0, 0.1) is 0 Å². The molecule has 27 heavy (non-hydrogen) atoms. The second-order valence-corrected chi connectivity index (χ2v) is 6.66. The molecule has 0 unspecified atom stereocenters. The van der Waals surface area contributed by atoms with Gasteiger partial charge in [-0.25, -0.2) is 4.79 Å². The summed E-state index contributed by atoms with van der Waals surface area (Å²) in [5.41, 5.74) is 0.896. The van der Waals surface area contributed by atoms with E-state index < -0.39 is 11.8 Å². The second kappa shape index (κ2) is 7.53. The van der Waals surface area contributed by atoms with Crippen LogP contribution in [0.4, 0.5) is 0 Å². The summed E-state index contributed by atoms with van der Waals surface area (Å²) in [5.74, 6) is -0.706. The molecule has 0 bridgehead atoms. The number of nitrogens with zero attached hydrogens (tertiary/aromatic N) is 1. The van der Waals surface area contributed by atoms with Gasteiger partial charge in [0.25, 0.3) is 5.91 Å². The lowest BCUT2D eigenvalue weighted by Crippen LogP contribution is -2.25. The van der Waals surface area contributed by atoms with Gasteiger partial charge in [0.15, 0.2) is 0 Å². The van der Waals surface area contributed by atoms with Crippen LogP contribution in [0.1, 0.15) is 19.4 Å². The fraction of sp³-hybridized carbons (Fsp3) is 0.238. The number of esters is 1. The minimum atomic E-state index is -1.05. The van der Waals surface area contributed by atoms with Crippen LogP contribution in [-0.2, 0) is 25.6 Å². The number of hydrogen-bond donors (Lipinski definition) is 0. The van der Waals surface area contributed by atoms with Crippen LogP contribution in [-0.4, -0.2) is 29.6 Å². The van der Waals surface area contributed by atoms with Crippen LogP contribution in [0.15, 0.2) is 66.4 Å². The van der Waals surface area contributed by atoms with E-state index in [1.807, 2.05) is 54.6 Å². The van der Waals surface area contributed by atoms with E-state index in [1.54, 1.807) is 20.9 Å². The molecule has 0 N–H and O–H groups in total. The van der Waals surface area contributed by atoms with Gasteiger partial charge in [-0.15, -0.1) is 0 Å². The van der Waals surface area contributed by atoms with Gasteiger partial charge < -0.3 is 19.1 Å². The van der Waals surface area contributed by atoms with E-state index in [0.29, 0.717) is 12.3 Å². The molecule has 2 aromatic carbocycles. The molecule has 6 nitrogen and oxygen atoms in total. The number of likely N-dealkylation sites (N-methyl/N-ethyl adjacent to an activating group) is 1. The summed E-state index contributed by atoms with van der Waals surface area (Å²) >= 11 is 0. The van der Waals surface area contributed by atoms with Crippen LogP contribution < -0.4 is 4.74 Å². The topological polar surface area (TPSA) is 65.1 Å². The highest BCUT2D eigenvalue weighted by Crippen LogP contribution is 2.26. The first kappa shape index (κ1) is 18.5. The minimum absolute atomic E-state index is 0.0852. The van der Waals surface area contributed by atoms with Crippen LogP contribution >= 0.6 is 0 Å². The Labute approximate surface area is 158 Å². The zero-order valence-electron chi connectivity index (χ0n) is 15.5. The average Bonchev–Trinajstić information content (AvgIpc) is 2.87. The van der Waals surface area contributed by atoms with E-state index in [0.717, 1.165) is 17.4 Å². The van der Waals surface area contributed by atoms with Crippen molar-refractivity contribution < 1.29 is 23.8 Å². The third-order valence-electron chi connectivity index (χ3n) is 3.82. The molecule has 0 radical (unpaired) electrons. The van der Waals surface area contributed by atoms with Gasteiger partial charge in [0.1, 0.15) is 11.5 Å². The Bertz CT molecular complexity index is 873. The summed E-state index contributed by atoms with van der Waals surface area (Å²) in [6.45, 7) is 3.57. The first-order valence-electron chi connectivity index (χ1n) is 8.53. The van der Waals surface area contributed by atoms with Gasteiger partial charge in [-0.2, -0.15) is 0 Å². The van der Waals surface area contributed by atoms with Gasteiger partial charge in [-0.1, -0.05) is 30.3 Å². The summed E-state index contributed by atoms with van der Waals surface area (Å²) < 4.78 is 16.2. The first-order chi connectivity index (χ1) is 12.8. The Morgan fingerprint density at radius 3 is 2.44 bits per heavy atom. The molecule has 0 saturated carbocycles. The summed E-state index contributed by atoms with van der Waals surface area (Å²) in [4.78, 5) is 25.6. The highest BCUT2D eigenvalue weighted by Gasteiger charge is 2.37. The molecule has 0 atom stereocenters. The van der Waals surface area contributed by atoms with E-state index in [4.69, 9.17) is 14.2 Å². The summed E-state index contributed by atoms with van der Waals surface area (Å²) in [7, 11) is 1.65. The van der Waals surface area contributed by atoms with Crippen LogP contribution in [0.2, 0.25) is 0 Å². The summed E-state index contributed by atoms with van der Waals surface area (Å²) in [6.07, 6.45) is 1.15. The highest BCUT2D eigenvalue weighted by atomic mass is 16.8. The number of amides is 1. The number of benzene rings is 2. The van der Waals surface area contributed by atoms with Crippen molar-refractivity contribution >= 4 is 11.9 Å². The first-order valence-corrected chi connectivity index (χ1v) is 8.53. The summed E-state index contributed by atoms with van der Waals surface area (Å²) in [6, 6.07) is 16.9. The van der Waals surface area contributed by atoms with E-state index >= 15 is 0 Å². The van der Waals surface area contributed by atoms with Crippen molar-refractivity contribution in [2.75, 3.05) is 7.05 Å². The predicted molar refractivity (Wildman–Crippen MR) is 98.8 cm³/mol.